The van der Waals surface area contributed by atoms with Crippen LogP contribution < -0.4 is 5.32 Å². The number of aromatic nitrogens is 2. The molecule has 0 radical (unpaired) electrons. The van der Waals surface area contributed by atoms with Gasteiger partial charge in [-0.25, -0.2) is 0 Å². The molecule has 0 unspecified atom stereocenters. The molecule has 0 aliphatic heterocycles. The van der Waals surface area contributed by atoms with Gasteiger partial charge in [0.25, 0.3) is 5.22 Å². The lowest BCUT2D eigenvalue weighted by molar-refractivity contribution is -0.119. The lowest BCUT2D eigenvalue weighted by Crippen LogP contribution is -2.33. The molecule has 1 atom stereocenters. The molecule has 0 saturated carbocycles. The van der Waals surface area contributed by atoms with Crippen LogP contribution in [0.25, 0.3) is 11.5 Å². The Bertz CT molecular complexity index is 627. The topological polar surface area (TPSA) is 68.0 Å². The Labute approximate surface area is 134 Å². The first-order chi connectivity index (χ1) is 10.6. The fraction of sp³-hybridized carbons (Fsp3) is 0.438. The molecule has 0 spiro atoms. The van der Waals surface area contributed by atoms with Crippen LogP contribution in [-0.2, 0) is 4.79 Å². The highest BCUT2D eigenvalue weighted by Crippen LogP contribution is 2.23. The Morgan fingerprint density at radius 2 is 2.23 bits per heavy atom. The summed E-state index contributed by atoms with van der Waals surface area (Å²) in [6.07, 6.45) is 2.03. The molecule has 1 aromatic heterocycles. The highest BCUT2D eigenvalue weighted by Gasteiger charge is 2.12. The van der Waals surface area contributed by atoms with Crippen molar-refractivity contribution in [3.05, 3.63) is 29.8 Å². The summed E-state index contributed by atoms with van der Waals surface area (Å²) in [5.74, 6) is 0.746. The van der Waals surface area contributed by atoms with Gasteiger partial charge in [-0.3, -0.25) is 4.79 Å². The fourth-order valence-electron chi connectivity index (χ4n) is 2.11. The second-order valence-corrected chi connectivity index (χ2v) is 6.22. The molecule has 22 heavy (non-hydrogen) atoms. The van der Waals surface area contributed by atoms with Crippen LogP contribution in [0.3, 0.4) is 0 Å². The fourth-order valence-corrected chi connectivity index (χ4v) is 2.69. The molecule has 0 bridgehead atoms. The monoisotopic (exact) mass is 319 g/mol. The summed E-state index contributed by atoms with van der Waals surface area (Å²) < 4.78 is 5.59. The van der Waals surface area contributed by atoms with Crippen LogP contribution in [-0.4, -0.2) is 27.9 Å². The molecule has 1 aromatic carbocycles. The van der Waals surface area contributed by atoms with E-state index in [1.165, 1.54) is 11.8 Å². The van der Waals surface area contributed by atoms with E-state index in [9.17, 15) is 4.79 Å². The van der Waals surface area contributed by atoms with Gasteiger partial charge in [0.1, 0.15) is 0 Å². The molecule has 118 valence electrons. The van der Waals surface area contributed by atoms with Crippen LogP contribution in [0.15, 0.2) is 33.9 Å². The zero-order chi connectivity index (χ0) is 15.9. The van der Waals surface area contributed by atoms with Crippen LogP contribution in [0.5, 0.6) is 0 Å². The number of amides is 1. The van der Waals surface area contributed by atoms with Crippen LogP contribution in [0, 0.1) is 6.92 Å². The van der Waals surface area contributed by atoms with Crippen molar-refractivity contribution >= 4 is 17.7 Å². The van der Waals surface area contributed by atoms with Gasteiger partial charge in [0.2, 0.25) is 11.8 Å². The standard InChI is InChI=1S/C16H21N3O2S/c1-4-6-12(3)17-14(20)10-22-16-19-18-15(21-16)13-8-5-7-11(2)9-13/h5,7-9,12H,4,6,10H2,1-3H3,(H,17,20)/t12-/m0/s1. The Hall–Kier alpha value is -1.82. The third-order valence-electron chi connectivity index (χ3n) is 3.13. The summed E-state index contributed by atoms with van der Waals surface area (Å²) in [6, 6.07) is 8.07. The highest BCUT2D eigenvalue weighted by atomic mass is 32.2. The van der Waals surface area contributed by atoms with Crippen LogP contribution >= 0.6 is 11.8 Å². The number of nitrogens with zero attached hydrogens (tertiary/aromatic N) is 2. The van der Waals surface area contributed by atoms with E-state index in [0.717, 1.165) is 24.0 Å². The van der Waals surface area contributed by atoms with Gasteiger partial charge in [-0.2, -0.15) is 0 Å². The molecular formula is C16H21N3O2S. The number of carbonyl (C=O) groups is 1. The number of rotatable bonds is 7. The van der Waals surface area contributed by atoms with Gasteiger partial charge in [-0.15, -0.1) is 10.2 Å². The maximum Gasteiger partial charge on any atom is 0.277 e. The number of benzene rings is 1. The number of hydrogen-bond acceptors (Lipinski definition) is 5. The first-order valence-electron chi connectivity index (χ1n) is 7.41. The lowest BCUT2D eigenvalue weighted by atomic mass is 10.1. The van der Waals surface area contributed by atoms with Crippen LogP contribution in [0.1, 0.15) is 32.3 Å². The largest absolute Gasteiger partial charge is 0.411 e. The average Bonchev–Trinajstić information content (AvgIpc) is 2.94. The Morgan fingerprint density at radius 3 is 2.95 bits per heavy atom. The van der Waals surface area contributed by atoms with E-state index in [2.05, 4.69) is 22.4 Å². The molecule has 0 saturated heterocycles. The minimum absolute atomic E-state index is 0.0127. The van der Waals surface area contributed by atoms with Gasteiger partial charge in [0.15, 0.2) is 0 Å². The molecule has 1 heterocycles. The van der Waals surface area contributed by atoms with Gasteiger partial charge >= 0.3 is 0 Å². The van der Waals surface area contributed by atoms with Crippen LogP contribution in [0.4, 0.5) is 0 Å². The normalized spacial score (nSPS) is 12.1. The molecule has 0 aliphatic carbocycles. The first-order valence-corrected chi connectivity index (χ1v) is 8.39. The maximum atomic E-state index is 11.8. The van der Waals surface area contributed by atoms with Crippen molar-refractivity contribution in [2.24, 2.45) is 0 Å². The molecule has 1 N–H and O–H groups in total. The van der Waals surface area contributed by atoms with E-state index in [-0.39, 0.29) is 17.7 Å². The summed E-state index contributed by atoms with van der Waals surface area (Å²) in [6.45, 7) is 6.12. The number of thioether (sulfide) groups is 1. The molecule has 2 aromatic rings. The second kappa shape index (κ2) is 7.98. The van der Waals surface area contributed by atoms with Gasteiger partial charge in [-0.05, 0) is 32.4 Å². The summed E-state index contributed by atoms with van der Waals surface area (Å²) in [5, 5.41) is 11.4. The zero-order valence-corrected chi connectivity index (χ0v) is 13.9. The predicted octanol–water partition coefficient (Wildman–Crippen LogP) is 3.44. The van der Waals surface area contributed by atoms with Crippen molar-refractivity contribution in [1.29, 1.82) is 0 Å². The molecule has 0 fully saturated rings. The third-order valence-corrected chi connectivity index (χ3v) is 3.95. The van der Waals surface area contributed by atoms with Gasteiger partial charge < -0.3 is 9.73 Å². The van der Waals surface area contributed by atoms with E-state index in [1.807, 2.05) is 38.1 Å². The summed E-state index contributed by atoms with van der Waals surface area (Å²) in [4.78, 5) is 11.8. The molecule has 6 heteroatoms. The van der Waals surface area contributed by atoms with Gasteiger partial charge in [-0.1, -0.05) is 42.8 Å². The first kappa shape index (κ1) is 16.5. The van der Waals surface area contributed by atoms with Crippen molar-refractivity contribution in [3.63, 3.8) is 0 Å². The third kappa shape index (κ3) is 4.87. The Morgan fingerprint density at radius 1 is 1.41 bits per heavy atom. The number of aryl methyl sites for hydroxylation is 1. The Kier molecular flexibility index (Phi) is 6.00. The van der Waals surface area contributed by atoms with E-state index < -0.39 is 0 Å². The minimum Gasteiger partial charge on any atom is -0.411 e. The van der Waals surface area contributed by atoms with Crippen LogP contribution in [0.2, 0.25) is 0 Å². The van der Waals surface area contributed by atoms with Gasteiger partial charge in [0.05, 0.1) is 5.75 Å². The van der Waals surface area contributed by atoms with E-state index in [1.54, 1.807) is 0 Å². The quantitative estimate of drug-likeness (QED) is 0.792. The Balaban J connectivity index is 1.88. The van der Waals surface area contributed by atoms with Crippen molar-refractivity contribution in [2.75, 3.05) is 5.75 Å². The minimum atomic E-state index is -0.0127. The summed E-state index contributed by atoms with van der Waals surface area (Å²) in [7, 11) is 0. The second-order valence-electron chi connectivity index (χ2n) is 5.29. The lowest BCUT2D eigenvalue weighted by Gasteiger charge is -2.11. The molecule has 0 aliphatic rings. The molecule has 5 nitrogen and oxygen atoms in total. The highest BCUT2D eigenvalue weighted by molar-refractivity contribution is 7.99. The molecular weight excluding hydrogens is 298 g/mol. The average molecular weight is 319 g/mol. The predicted molar refractivity (Wildman–Crippen MR) is 87.7 cm³/mol. The smallest absolute Gasteiger partial charge is 0.277 e. The van der Waals surface area contributed by atoms with Crippen molar-refractivity contribution in [1.82, 2.24) is 15.5 Å². The zero-order valence-electron chi connectivity index (χ0n) is 13.1. The number of nitrogens with one attached hydrogen (secondary N) is 1. The van der Waals surface area contributed by atoms with E-state index in [0.29, 0.717) is 11.1 Å². The molecule has 1 amide bonds. The number of hydrogen-bond donors (Lipinski definition) is 1. The van der Waals surface area contributed by atoms with E-state index >= 15 is 0 Å². The van der Waals surface area contributed by atoms with Crippen molar-refractivity contribution < 1.29 is 9.21 Å². The summed E-state index contributed by atoms with van der Waals surface area (Å²) in [5.41, 5.74) is 2.02. The van der Waals surface area contributed by atoms with Crippen molar-refractivity contribution in [2.45, 2.75) is 44.9 Å². The maximum absolute atomic E-state index is 11.8. The number of carbonyl (C=O) groups excluding carboxylic acids is 1. The SMILES string of the molecule is CCC[C@H](C)NC(=O)CSc1nnc(-c2cccc(C)c2)o1. The van der Waals surface area contributed by atoms with E-state index in [4.69, 9.17) is 4.42 Å². The van der Waals surface area contributed by atoms with Crippen molar-refractivity contribution in [3.8, 4) is 11.5 Å². The van der Waals surface area contributed by atoms with Gasteiger partial charge in [0, 0.05) is 11.6 Å². The molecule has 2 rings (SSSR count). The summed E-state index contributed by atoms with van der Waals surface area (Å²) >= 11 is 1.26.